The molecule has 15 nitrogen and oxygen atoms in total. The molecule has 1 aliphatic heterocycles. The zero-order valence-corrected chi connectivity index (χ0v) is 19.9. The summed E-state index contributed by atoms with van der Waals surface area (Å²) in [4.78, 5) is 69.3. The van der Waals surface area contributed by atoms with Crippen LogP contribution >= 0.6 is 11.6 Å². The number of barbiturate groups is 1. The van der Waals surface area contributed by atoms with E-state index in [9.17, 15) is 44.7 Å². The van der Waals surface area contributed by atoms with Gasteiger partial charge in [-0.05, 0) is 35.9 Å². The van der Waals surface area contributed by atoms with E-state index in [-0.39, 0.29) is 33.5 Å². The van der Waals surface area contributed by atoms with Crippen LogP contribution in [0.1, 0.15) is 5.56 Å². The minimum Gasteiger partial charge on any atom is -0.449 e. The predicted octanol–water partition coefficient (Wildman–Crippen LogP) is 4.52. The summed E-state index contributed by atoms with van der Waals surface area (Å²) in [6.45, 7) is 0. The minimum absolute atomic E-state index is 0.0800. The van der Waals surface area contributed by atoms with Crippen LogP contribution in [0.5, 0.6) is 11.5 Å². The van der Waals surface area contributed by atoms with E-state index in [2.05, 4.69) is 0 Å². The highest BCUT2D eigenvalue weighted by molar-refractivity contribution is 6.39. The number of imide groups is 2. The summed E-state index contributed by atoms with van der Waals surface area (Å²) in [5.41, 5.74) is -2.02. The van der Waals surface area contributed by atoms with Gasteiger partial charge in [0, 0.05) is 18.2 Å². The normalized spacial score (nSPS) is 14.2. The molecule has 0 unspecified atom stereocenters. The standard InChI is InChI=1S/C23H12ClN5O10/c24-17-9-12(4-6-19(17)39-20-7-5-15(28(35)36)11-18(20)29(37)38)8-16-21(30)25-23(32)26(22(16)31)13-2-1-3-14(10-13)27(33)34/h1-11H,(H,25,30,32)/b16-8+. The first-order chi connectivity index (χ1) is 18.5. The minimum atomic E-state index is -1.10. The van der Waals surface area contributed by atoms with Crippen LogP contribution in [-0.2, 0) is 9.59 Å². The molecule has 0 aliphatic carbocycles. The van der Waals surface area contributed by atoms with Crippen molar-refractivity contribution >= 4 is 58.3 Å². The van der Waals surface area contributed by atoms with Crippen LogP contribution < -0.4 is 15.0 Å². The zero-order chi connectivity index (χ0) is 28.4. The zero-order valence-electron chi connectivity index (χ0n) is 19.1. The third-order valence-electron chi connectivity index (χ3n) is 5.24. The van der Waals surface area contributed by atoms with Crippen molar-refractivity contribution in [3.63, 3.8) is 0 Å². The number of anilines is 1. The van der Waals surface area contributed by atoms with E-state index in [1.165, 1.54) is 30.3 Å². The van der Waals surface area contributed by atoms with Gasteiger partial charge in [-0.3, -0.25) is 45.2 Å². The molecule has 0 atom stereocenters. The molecule has 0 bridgehead atoms. The molecular weight excluding hydrogens is 542 g/mol. The Morgan fingerprint density at radius 2 is 1.49 bits per heavy atom. The lowest BCUT2D eigenvalue weighted by molar-refractivity contribution is -0.394. The second-order valence-corrected chi connectivity index (χ2v) is 8.10. The molecule has 39 heavy (non-hydrogen) atoms. The lowest BCUT2D eigenvalue weighted by Crippen LogP contribution is -2.54. The second-order valence-electron chi connectivity index (χ2n) is 7.69. The molecule has 1 fully saturated rings. The topological polar surface area (TPSA) is 205 Å². The molecule has 1 aliphatic rings. The van der Waals surface area contributed by atoms with Crippen LogP contribution in [0.25, 0.3) is 6.08 Å². The third-order valence-corrected chi connectivity index (χ3v) is 5.53. The molecule has 4 rings (SSSR count). The van der Waals surface area contributed by atoms with Gasteiger partial charge in [0.25, 0.3) is 23.2 Å². The van der Waals surface area contributed by atoms with E-state index in [1.54, 1.807) is 0 Å². The van der Waals surface area contributed by atoms with E-state index in [4.69, 9.17) is 16.3 Å². The summed E-state index contributed by atoms with van der Waals surface area (Å²) in [5, 5.41) is 35.2. The third kappa shape index (κ3) is 5.37. The monoisotopic (exact) mass is 553 g/mol. The molecule has 4 amide bonds. The van der Waals surface area contributed by atoms with Crippen molar-refractivity contribution in [2.75, 3.05) is 4.90 Å². The van der Waals surface area contributed by atoms with Crippen molar-refractivity contribution < 1.29 is 33.9 Å². The fourth-order valence-electron chi connectivity index (χ4n) is 3.46. The van der Waals surface area contributed by atoms with E-state index in [0.717, 1.165) is 36.4 Å². The average Bonchev–Trinajstić information content (AvgIpc) is 2.88. The number of nitrogens with one attached hydrogen (secondary N) is 1. The van der Waals surface area contributed by atoms with Gasteiger partial charge >= 0.3 is 11.7 Å². The van der Waals surface area contributed by atoms with E-state index < -0.39 is 49.6 Å². The number of rotatable bonds is 7. The molecule has 3 aromatic carbocycles. The summed E-state index contributed by atoms with van der Waals surface area (Å²) in [6, 6.07) is 10.2. The first kappa shape index (κ1) is 26.4. The molecule has 16 heteroatoms. The van der Waals surface area contributed by atoms with Gasteiger partial charge in [-0.1, -0.05) is 23.7 Å². The fourth-order valence-corrected chi connectivity index (χ4v) is 3.69. The maximum Gasteiger partial charge on any atom is 0.335 e. The summed E-state index contributed by atoms with van der Waals surface area (Å²) >= 11 is 6.23. The van der Waals surface area contributed by atoms with E-state index in [0.29, 0.717) is 4.90 Å². The number of nitro groups is 3. The number of non-ortho nitro benzene ring substituents is 2. The molecule has 1 N–H and O–H groups in total. The Bertz CT molecular complexity index is 1640. The van der Waals surface area contributed by atoms with Crippen LogP contribution in [0.15, 0.2) is 66.2 Å². The fraction of sp³-hybridized carbons (Fsp3) is 0. The number of urea groups is 1. The Labute approximate surface area is 221 Å². The maximum absolute atomic E-state index is 13.0. The molecule has 0 radical (unpaired) electrons. The van der Waals surface area contributed by atoms with Crippen molar-refractivity contribution in [3.8, 4) is 11.5 Å². The Hall–Kier alpha value is -5.70. The maximum atomic E-state index is 13.0. The molecule has 0 spiro atoms. The van der Waals surface area contributed by atoms with Gasteiger partial charge in [-0.15, -0.1) is 0 Å². The summed E-state index contributed by atoms with van der Waals surface area (Å²) in [5.74, 6) is -2.48. The number of amides is 4. The quantitative estimate of drug-likeness (QED) is 0.187. The van der Waals surface area contributed by atoms with Gasteiger partial charge in [0.05, 0.1) is 31.5 Å². The van der Waals surface area contributed by atoms with Crippen molar-refractivity contribution in [1.82, 2.24) is 5.32 Å². The number of nitrogens with zero attached hydrogens (tertiary/aromatic N) is 4. The molecular formula is C23H12ClN5O10. The van der Waals surface area contributed by atoms with Crippen LogP contribution in [0.4, 0.5) is 27.5 Å². The number of halogens is 1. The molecule has 1 heterocycles. The molecule has 0 saturated carbocycles. The smallest absolute Gasteiger partial charge is 0.335 e. The number of ether oxygens (including phenoxy) is 1. The van der Waals surface area contributed by atoms with Gasteiger partial charge < -0.3 is 4.74 Å². The predicted molar refractivity (Wildman–Crippen MR) is 133 cm³/mol. The van der Waals surface area contributed by atoms with Crippen LogP contribution in [0, 0.1) is 30.3 Å². The molecule has 1 saturated heterocycles. The average molecular weight is 554 g/mol. The summed E-state index contributed by atoms with van der Waals surface area (Å²) in [7, 11) is 0. The highest BCUT2D eigenvalue weighted by Crippen LogP contribution is 2.37. The Morgan fingerprint density at radius 1 is 0.821 bits per heavy atom. The van der Waals surface area contributed by atoms with Gasteiger partial charge in [-0.2, -0.15) is 0 Å². The SMILES string of the molecule is O=C1NC(=O)N(c2cccc([N+](=O)[O-])c2)C(=O)/C1=C/c1ccc(Oc2ccc([N+](=O)[O-])cc2[N+](=O)[O-])c(Cl)c1. The van der Waals surface area contributed by atoms with Crippen LogP contribution in [-0.4, -0.2) is 32.6 Å². The van der Waals surface area contributed by atoms with Gasteiger partial charge in [0.15, 0.2) is 0 Å². The highest BCUT2D eigenvalue weighted by atomic mass is 35.5. The number of nitro benzene ring substituents is 3. The number of carbonyl (C=O) groups is 3. The molecule has 0 aromatic heterocycles. The van der Waals surface area contributed by atoms with Crippen molar-refractivity contribution in [3.05, 3.63) is 107 Å². The largest absolute Gasteiger partial charge is 0.449 e. The number of hydrogen-bond acceptors (Lipinski definition) is 10. The second kappa shape index (κ2) is 10.3. The number of carbonyl (C=O) groups excluding carboxylic acids is 3. The van der Waals surface area contributed by atoms with E-state index in [1.807, 2.05) is 5.32 Å². The molecule has 3 aromatic rings. The van der Waals surface area contributed by atoms with Gasteiger partial charge in [-0.25, -0.2) is 9.69 Å². The first-order valence-corrected chi connectivity index (χ1v) is 10.9. The Balaban J connectivity index is 1.64. The van der Waals surface area contributed by atoms with Gasteiger partial charge in [0.2, 0.25) is 5.75 Å². The first-order valence-electron chi connectivity index (χ1n) is 10.5. The number of benzene rings is 3. The van der Waals surface area contributed by atoms with Crippen molar-refractivity contribution in [2.24, 2.45) is 0 Å². The summed E-state index contributed by atoms with van der Waals surface area (Å²) < 4.78 is 5.47. The van der Waals surface area contributed by atoms with Crippen LogP contribution in [0.3, 0.4) is 0 Å². The number of hydrogen-bond donors (Lipinski definition) is 1. The van der Waals surface area contributed by atoms with Crippen molar-refractivity contribution in [2.45, 2.75) is 0 Å². The Kier molecular flexibility index (Phi) is 7.00. The van der Waals surface area contributed by atoms with E-state index >= 15 is 0 Å². The van der Waals surface area contributed by atoms with Crippen molar-refractivity contribution in [1.29, 1.82) is 0 Å². The van der Waals surface area contributed by atoms with Gasteiger partial charge in [0.1, 0.15) is 11.3 Å². The molecule has 196 valence electrons. The van der Waals surface area contributed by atoms with Crippen LogP contribution in [0.2, 0.25) is 5.02 Å². The lowest BCUT2D eigenvalue weighted by atomic mass is 10.1. The highest BCUT2D eigenvalue weighted by Gasteiger charge is 2.37. The lowest BCUT2D eigenvalue weighted by Gasteiger charge is -2.26. The summed E-state index contributed by atoms with van der Waals surface area (Å²) in [6.07, 6.45) is 1.11. The Morgan fingerprint density at radius 3 is 2.13 bits per heavy atom.